The van der Waals surface area contributed by atoms with Crippen molar-refractivity contribution >= 4 is 17.5 Å². The van der Waals surface area contributed by atoms with Gasteiger partial charge < -0.3 is 10.1 Å². The van der Waals surface area contributed by atoms with E-state index in [0.29, 0.717) is 10.8 Å². The van der Waals surface area contributed by atoms with Crippen LogP contribution in [0.1, 0.15) is 18.5 Å². The Morgan fingerprint density at radius 1 is 1.15 bits per heavy atom. The van der Waals surface area contributed by atoms with Crippen LogP contribution < -0.4 is 10.1 Å². The van der Waals surface area contributed by atoms with Gasteiger partial charge in [-0.1, -0.05) is 48.0 Å². The van der Waals surface area contributed by atoms with E-state index in [1.807, 2.05) is 55.5 Å². The molecular weight excluding hydrogens is 274 g/mol. The van der Waals surface area contributed by atoms with Gasteiger partial charge in [0.1, 0.15) is 5.75 Å². The van der Waals surface area contributed by atoms with E-state index in [0.717, 1.165) is 5.56 Å². The Balaban J connectivity index is 1.87. The number of benzene rings is 2. The molecule has 2 aromatic rings. The number of ether oxygens (including phenoxy) is 1. The van der Waals surface area contributed by atoms with E-state index in [2.05, 4.69) is 5.32 Å². The molecule has 0 saturated heterocycles. The molecule has 0 aliphatic heterocycles. The van der Waals surface area contributed by atoms with Crippen LogP contribution in [-0.2, 0) is 4.79 Å². The van der Waals surface area contributed by atoms with E-state index >= 15 is 0 Å². The molecule has 0 aliphatic rings. The number of rotatable bonds is 5. The second-order valence-electron chi connectivity index (χ2n) is 4.41. The molecule has 0 aromatic heterocycles. The number of amides is 1. The van der Waals surface area contributed by atoms with Crippen molar-refractivity contribution in [3.05, 3.63) is 65.2 Å². The predicted molar refractivity (Wildman–Crippen MR) is 79.9 cm³/mol. The minimum atomic E-state index is -0.179. The van der Waals surface area contributed by atoms with Gasteiger partial charge in [-0.25, -0.2) is 0 Å². The van der Waals surface area contributed by atoms with Gasteiger partial charge in [0.05, 0.1) is 6.04 Å². The zero-order valence-corrected chi connectivity index (χ0v) is 11.9. The Bertz CT molecular complexity index is 572. The highest BCUT2D eigenvalue weighted by Gasteiger charge is 2.12. The lowest BCUT2D eigenvalue weighted by Crippen LogP contribution is -2.31. The lowest BCUT2D eigenvalue weighted by Gasteiger charge is -2.16. The smallest absolute Gasteiger partial charge is 0.258 e. The van der Waals surface area contributed by atoms with Gasteiger partial charge in [-0.3, -0.25) is 4.79 Å². The van der Waals surface area contributed by atoms with Gasteiger partial charge in [0.25, 0.3) is 5.91 Å². The second-order valence-corrected chi connectivity index (χ2v) is 4.82. The van der Waals surface area contributed by atoms with Crippen LogP contribution in [-0.4, -0.2) is 12.5 Å². The van der Waals surface area contributed by atoms with Gasteiger partial charge in [-0.2, -0.15) is 0 Å². The van der Waals surface area contributed by atoms with E-state index in [1.165, 1.54) is 0 Å². The first-order valence-electron chi connectivity index (χ1n) is 6.38. The molecule has 0 bridgehead atoms. The largest absolute Gasteiger partial charge is 0.484 e. The summed E-state index contributed by atoms with van der Waals surface area (Å²) in [7, 11) is 0. The number of carbonyl (C=O) groups is 1. The fourth-order valence-electron chi connectivity index (χ4n) is 1.85. The normalized spacial score (nSPS) is 11.7. The zero-order valence-electron chi connectivity index (χ0n) is 11.2. The molecule has 1 unspecified atom stereocenters. The van der Waals surface area contributed by atoms with Gasteiger partial charge in [-0.05, 0) is 30.7 Å². The molecule has 0 fully saturated rings. The molecule has 0 spiro atoms. The van der Waals surface area contributed by atoms with Crippen molar-refractivity contribution in [2.45, 2.75) is 13.0 Å². The molecular formula is C16H16ClNO2. The minimum Gasteiger partial charge on any atom is -0.484 e. The highest BCUT2D eigenvalue weighted by molar-refractivity contribution is 6.31. The molecule has 1 N–H and O–H groups in total. The molecule has 0 saturated carbocycles. The van der Waals surface area contributed by atoms with E-state index in [-0.39, 0.29) is 18.6 Å². The number of para-hydroxylation sites is 1. The van der Waals surface area contributed by atoms with Crippen LogP contribution in [0.3, 0.4) is 0 Å². The van der Waals surface area contributed by atoms with Crippen molar-refractivity contribution in [1.29, 1.82) is 0 Å². The number of hydrogen-bond donors (Lipinski definition) is 1. The molecule has 2 aromatic carbocycles. The topological polar surface area (TPSA) is 38.3 Å². The third-order valence-electron chi connectivity index (χ3n) is 2.86. The fourth-order valence-corrected chi connectivity index (χ4v) is 2.15. The first-order chi connectivity index (χ1) is 9.66. The quantitative estimate of drug-likeness (QED) is 0.913. The van der Waals surface area contributed by atoms with Crippen LogP contribution in [0, 0.1) is 0 Å². The Kier molecular flexibility index (Phi) is 5.02. The predicted octanol–water partition coefficient (Wildman–Crippen LogP) is 3.60. The summed E-state index contributed by atoms with van der Waals surface area (Å²) in [6.45, 7) is 1.88. The van der Waals surface area contributed by atoms with Crippen LogP contribution in [0.5, 0.6) is 5.75 Å². The van der Waals surface area contributed by atoms with E-state index in [9.17, 15) is 4.79 Å². The van der Waals surface area contributed by atoms with E-state index in [1.54, 1.807) is 6.07 Å². The SMILES string of the molecule is CC(NC(=O)COc1ccccc1)c1ccccc1Cl. The molecule has 2 rings (SSSR count). The number of nitrogens with one attached hydrogen (secondary N) is 1. The van der Waals surface area contributed by atoms with Crippen molar-refractivity contribution in [3.8, 4) is 5.75 Å². The summed E-state index contributed by atoms with van der Waals surface area (Å²) in [5.41, 5.74) is 0.891. The number of halogens is 1. The van der Waals surface area contributed by atoms with Crippen LogP contribution in [0.2, 0.25) is 5.02 Å². The van der Waals surface area contributed by atoms with Gasteiger partial charge >= 0.3 is 0 Å². The van der Waals surface area contributed by atoms with Gasteiger partial charge in [0.15, 0.2) is 6.61 Å². The van der Waals surface area contributed by atoms with E-state index in [4.69, 9.17) is 16.3 Å². The molecule has 20 heavy (non-hydrogen) atoms. The highest BCUT2D eigenvalue weighted by Crippen LogP contribution is 2.21. The molecule has 3 nitrogen and oxygen atoms in total. The van der Waals surface area contributed by atoms with Gasteiger partial charge in [0.2, 0.25) is 0 Å². The molecule has 1 amide bonds. The summed E-state index contributed by atoms with van der Waals surface area (Å²) in [4.78, 5) is 11.8. The van der Waals surface area contributed by atoms with Gasteiger partial charge in [-0.15, -0.1) is 0 Å². The van der Waals surface area contributed by atoms with Crippen LogP contribution in [0.15, 0.2) is 54.6 Å². The number of hydrogen-bond acceptors (Lipinski definition) is 2. The third kappa shape index (κ3) is 4.00. The zero-order chi connectivity index (χ0) is 14.4. The van der Waals surface area contributed by atoms with E-state index < -0.39 is 0 Å². The van der Waals surface area contributed by atoms with Crippen molar-refractivity contribution in [1.82, 2.24) is 5.32 Å². The maximum Gasteiger partial charge on any atom is 0.258 e. The van der Waals surface area contributed by atoms with Crippen molar-refractivity contribution in [3.63, 3.8) is 0 Å². The Morgan fingerprint density at radius 3 is 2.50 bits per heavy atom. The van der Waals surface area contributed by atoms with Crippen molar-refractivity contribution in [2.24, 2.45) is 0 Å². The van der Waals surface area contributed by atoms with Crippen molar-refractivity contribution in [2.75, 3.05) is 6.61 Å². The maximum atomic E-state index is 11.8. The maximum absolute atomic E-state index is 11.8. The first-order valence-corrected chi connectivity index (χ1v) is 6.76. The van der Waals surface area contributed by atoms with Crippen LogP contribution in [0.25, 0.3) is 0 Å². The van der Waals surface area contributed by atoms with Crippen LogP contribution >= 0.6 is 11.6 Å². The number of carbonyl (C=O) groups excluding carboxylic acids is 1. The third-order valence-corrected chi connectivity index (χ3v) is 3.21. The van der Waals surface area contributed by atoms with Gasteiger partial charge in [0, 0.05) is 5.02 Å². The Hall–Kier alpha value is -2.00. The molecule has 1 atom stereocenters. The molecule has 0 heterocycles. The second kappa shape index (κ2) is 6.96. The first kappa shape index (κ1) is 14.4. The lowest BCUT2D eigenvalue weighted by atomic mass is 10.1. The van der Waals surface area contributed by atoms with Crippen molar-refractivity contribution < 1.29 is 9.53 Å². The Morgan fingerprint density at radius 2 is 1.80 bits per heavy atom. The summed E-state index contributed by atoms with van der Waals surface area (Å²) in [6, 6.07) is 16.5. The summed E-state index contributed by atoms with van der Waals surface area (Å²) >= 11 is 6.09. The summed E-state index contributed by atoms with van der Waals surface area (Å²) in [5, 5.41) is 3.50. The summed E-state index contributed by atoms with van der Waals surface area (Å²) in [6.07, 6.45) is 0. The Labute approximate surface area is 123 Å². The molecule has 4 heteroatoms. The molecule has 104 valence electrons. The lowest BCUT2D eigenvalue weighted by molar-refractivity contribution is -0.123. The summed E-state index contributed by atoms with van der Waals surface area (Å²) < 4.78 is 5.39. The minimum absolute atomic E-state index is 0.0151. The molecule has 0 aliphatic carbocycles. The molecule has 0 radical (unpaired) electrons. The van der Waals surface area contributed by atoms with Crippen LogP contribution in [0.4, 0.5) is 0 Å². The standard InChI is InChI=1S/C16H16ClNO2/c1-12(14-9-5-6-10-15(14)17)18-16(19)11-20-13-7-3-2-4-8-13/h2-10,12H,11H2,1H3,(H,18,19). The highest BCUT2D eigenvalue weighted by atomic mass is 35.5. The fraction of sp³-hybridized carbons (Fsp3) is 0.188. The summed E-state index contributed by atoms with van der Waals surface area (Å²) in [5.74, 6) is 0.495. The average molecular weight is 290 g/mol. The monoisotopic (exact) mass is 289 g/mol. The average Bonchev–Trinajstić information content (AvgIpc) is 2.46.